The van der Waals surface area contributed by atoms with Gasteiger partial charge >= 0.3 is 6.18 Å². The van der Waals surface area contributed by atoms with Gasteiger partial charge in [-0.05, 0) is 41.3 Å². The second-order valence-electron chi connectivity index (χ2n) is 7.94. The summed E-state index contributed by atoms with van der Waals surface area (Å²) in [5, 5.41) is 1.92. The summed E-state index contributed by atoms with van der Waals surface area (Å²) in [5.41, 5.74) is 0.180. The Morgan fingerprint density at radius 1 is 1.17 bits per heavy atom. The van der Waals surface area contributed by atoms with Gasteiger partial charge in [0.15, 0.2) is 6.61 Å². The smallest absolute Gasteiger partial charge is 0.417 e. The highest BCUT2D eigenvalue weighted by Gasteiger charge is 2.34. The topological polar surface area (TPSA) is 58.6 Å². The van der Waals surface area contributed by atoms with Crippen LogP contribution in [0.4, 0.5) is 24.5 Å². The molecule has 9 heteroatoms. The Morgan fingerprint density at radius 2 is 1.87 bits per heavy atom. The van der Waals surface area contributed by atoms with Gasteiger partial charge in [-0.3, -0.25) is 14.5 Å². The fraction of sp³-hybridized carbons (Fsp3) is 0.333. The van der Waals surface area contributed by atoms with Gasteiger partial charge in [-0.1, -0.05) is 38.4 Å². The maximum absolute atomic E-state index is 13.0. The van der Waals surface area contributed by atoms with E-state index < -0.39 is 28.6 Å². The van der Waals surface area contributed by atoms with E-state index in [1.54, 1.807) is 6.07 Å². The molecule has 1 aliphatic rings. The third-order valence-electron chi connectivity index (χ3n) is 4.63. The van der Waals surface area contributed by atoms with Crippen LogP contribution in [0.3, 0.4) is 0 Å². The lowest BCUT2D eigenvalue weighted by molar-refractivity contribution is -0.137. The second kappa shape index (κ2) is 7.83. The van der Waals surface area contributed by atoms with E-state index in [2.05, 4.69) is 5.32 Å². The number of anilines is 2. The van der Waals surface area contributed by atoms with Crippen LogP contribution in [0.25, 0.3) is 0 Å². The Balaban J connectivity index is 1.80. The van der Waals surface area contributed by atoms with E-state index in [-0.39, 0.29) is 24.3 Å². The summed E-state index contributed by atoms with van der Waals surface area (Å²) in [4.78, 5) is 26.0. The molecule has 0 spiro atoms. The summed E-state index contributed by atoms with van der Waals surface area (Å²) < 4.78 is 44.5. The highest BCUT2D eigenvalue weighted by atomic mass is 35.5. The molecular weight excluding hydrogens is 421 g/mol. The van der Waals surface area contributed by atoms with E-state index >= 15 is 0 Å². The first-order valence-electron chi connectivity index (χ1n) is 9.10. The van der Waals surface area contributed by atoms with Gasteiger partial charge in [-0.25, -0.2) is 0 Å². The Bertz CT molecular complexity index is 1000. The van der Waals surface area contributed by atoms with Crippen LogP contribution < -0.4 is 15.0 Å². The van der Waals surface area contributed by atoms with Crippen LogP contribution in [0.2, 0.25) is 5.02 Å². The van der Waals surface area contributed by atoms with Gasteiger partial charge in [-0.15, -0.1) is 0 Å². The highest BCUT2D eigenvalue weighted by molar-refractivity contribution is 6.31. The van der Waals surface area contributed by atoms with E-state index in [9.17, 15) is 22.8 Å². The van der Waals surface area contributed by atoms with E-state index in [0.29, 0.717) is 11.4 Å². The molecule has 0 fully saturated rings. The van der Waals surface area contributed by atoms with E-state index in [4.69, 9.17) is 16.3 Å². The molecule has 160 valence electrons. The molecule has 0 radical (unpaired) electrons. The molecule has 0 saturated heterocycles. The predicted molar refractivity (Wildman–Crippen MR) is 108 cm³/mol. The number of amides is 2. The van der Waals surface area contributed by atoms with Gasteiger partial charge in [-0.2, -0.15) is 13.2 Å². The molecule has 1 heterocycles. The number of carbonyl (C=O) groups excluding carboxylic acids is 2. The van der Waals surface area contributed by atoms with Gasteiger partial charge in [0.05, 0.1) is 16.3 Å². The number of ether oxygens (including phenoxy) is 1. The van der Waals surface area contributed by atoms with Crippen LogP contribution in [0, 0.1) is 0 Å². The number of benzene rings is 2. The molecule has 2 aromatic carbocycles. The van der Waals surface area contributed by atoms with Crippen molar-refractivity contribution < 1.29 is 27.5 Å². The SMILES string of the molecule is CC(C)(C)c1ccc2c(c1)OCC(=O)N2CC(=O)Nc1ccc(Cl)c(C(F)(F)F)c1. The average Bonchev–Trinajstić information content (AvgIpc) is 2.63. The number of carbonyl (C=O) groups is 2. The van der Waals surface area contributed by atoms with Crippen LogP contribution >= 0.6 is 11.6 Å². The highest BCUT2D eigenvalue weighted by Crippen LogP contribution is 2.37. The van der Waals surface area contributed by atoms with Crippen molar-refractivity contribution in [3.05, 3.63) is 52.5 Å². The second-order valence-corrected chi connectivity index (χ2v) is 8.35. The number of halogens is 4. The minimum atomic E-state index is -4.65. The van der Waals surface area contributed by atoms with Crippen LogP contribution in [0.1, 0.15) is 31.9 Å². The number of hydrogen-bond donors (Lipinski definition) is 1. The quantitative estimate of drug-likeness (QED) is 0.729. The van der Waals surface area contributed by atoms with Crippen LogP contribution in [-0.4, -0.2) is 25.0 Å². The van der Waals surface area contributed by atoms with Gasteiger partial charge in [0.1, 0.15) is 12.3 Å². The standard InChI is InChI=1S/C21H20ClF3N2O3/c1-20(2,3)12-4-7-16-17(8-12)30-11-19(29)27(16)10-18(28)26-13-5-6-15(22)14(9-13)21(23,24)25/h4-9H,10-11H2,1-3H3,(H,26,28). The summed E-state index contributed by atoms with van der Waals surface area (Å²) >= 11 is 5.59. The number of fused-ring (bicyclic) bond motifs is 1. The van der Waals surface area contributed by atoms with Gasteiger partial charge < -0.3 is 10.1 Å². The fourth-order valence-electron chi connectivity index (χ4n) is 3.01. The molecule has 0 aromatic heterocycles. The molecule has 2 aromatic rings. The number of hydrogen-bond acceptors (Lipinski definition) is 3. The summed E-state index contributed by atoms with van der Waals surface area (Å²) in [6, 6.07) is 8.45. The van der Waals surface area contributed by atoms with Crippen molar-refractivity contribution in [1.29, 1.82) is 0 Å². The number of nitrogens with one attached hydrogen (secondary N) is 1. The molecule has 5 nitrogen and oxygen atoms in total. The number of alkyl halides is 3. The van der Waals surface area contributed by atoms with Crippen molar-refractivity contribution in [2.45, 2.75) is 32.4 Å². The third kappa shape index (κ3) is 4.70. The molecule has 30 heavy (non-hydrogen) atoms. The molecule has 1 N–H and O–H groups in total. The molecule has 2 amide bonds. The zero-order chi connectivity index (χ0) is 22.3. The molecule has 0 bridgehead atoms. The predicted octanol–water partition coefficient (Wildman–Crippen LogP) is 5.02. The fourth-order valence-corrected chi connectivity index (χ4v) is 3.23. The average molecular weight is 441 g/mol. The number of nitrogens with zero attached hydrogens (tertiary/aromatic N) is 1. The largest absolute Gasteiger partial charge is 0.482 e. The first kappa shape index (κ1) is 22.0. The zero-order valence-electron chi connectivity index (χ0n) is 16.6. The number of rotatable bonds is 3. The molecule has 0 aliphatic carbocycles. The first-order chi connectivity index (χ1) is 13.9. The Labute approximate surface area is 176 Å². The molecular formula is C21H20ClF3N2O3. The van der Waals surface area contributed by atoms with Gasteiger partial charge in [0, 0.05) is 5.69 Å². The van der Waals surface area contributed by atoms with Crippen LogP contribution in [-0.2, 0) is 21.2 Å². The van der Waals surface area contributed by atoms with E-state index in [0.717, 1.165) is 17.7 Å². The van der Waals surface area contributed by atoms with Crippen molar-refractivity contribution in [1.82, 2.24) is 0 Å². The van der Waals surface area contributed by atoms with Crippen molar-refractivity contribution >= 4 is 34.8 Å². The third-order valence-corrected chi connectivity index (χ3v) is 4.96. The lowest BCUT2D eigenvalue weighted by Gasteiger charge is -2.30. The Hall–Kier alpha value is -2.74. The zero-order valence-corrected chi connectivity index (χ0v) is 17.3. The molecule has 0 unspecified atom stereocenters. The normalized spacial score (nSPS) is 14.2. The Kier molecular flexibility index (Phi) is 5.73. The van der Waals surface area contributed by atoms with Gasteiger partial charge in [0.25, 0.3) is 5.91 Å². The lowest BCUT2D eigenvalue weighted by atomic mass is 9.86. The summed E-state index contributed by atoms with van der Waals surface area (Å²) in [6.45, 7) is 5.51. The van der Waals surface area contributed by atoms with Crippen LogP contribution in [0.15, 0.2) is 36.4 Å². The van der Waals surface area contributed by atoms with Crippen molar-refractivity contribution in [3.63, 3.8) is 0 Å². The maximum atomic E-state index is 13.0. The van der Waals surface area contributed by atoms with E-state index in [1.165, 1.54) is 11.0 Å². The summed E-state index contributed by atoms with van der Waals surface area (Å²) in [5.74, 6) is -0.597. The van der Waals surface area contributed by atoms with Crippen molar-refractivity contribution in [2.24, 2.45) is 0 Å². The Morgan fingerprint density at radius 3 is 2.50 bits per heavy atom. The summed E-state index contributed by atoms with van der Waals surface area (Å²) in [6.07, 6.45) is -4.65. The minimum absolute atomic E-state index is 0.0688. The molecule has 3 rings (SSSR count). The maximum Gasteiger partial charge on any atom is 0.417 e. The van der Waals surface area contributed by atoms with Crippen molar-refractivity contribution in [3.8, 4) is 5.75 Å². The molecule has 0 saturated carbocycles. The monoisotopic (exact) mass is 440 g/mol. The summed E-state index contributed by atoms with van der Waals surface area (Å²) in [7, 11) is 0. The molecule has 1 aliphatic heterocycles. The molecule has 0 atom stereocenters. The minimum Gasteiger partial charge on any atom is -0.482 e. The van der Waals surface area contributed by atoms with Crippen LogP contribution in [0.5, 0.6) is 5.75 Å². The van der Waals surface area contributed by atoms with Crippen molar-refractivity contribution in [2.75, 3.05) is 23.4 Å². The first-order valence-corrected chi connectivity index (χ1v) is 9.48. The van der Waals surface area contributed by atoms with E-state index in [1.807, 2.05) is 32.9 Å². The van der Waals surface area contributed by atoms with Gasteiger partial charge in [0.2, 0.25) is 5.91 Å². The lowest BCUT2D eigenvalue weighted by Crippen LogP contribution is -2.43.